The standard InChI is InChI=1S/C21H32N6O3S2/c1-4-26(5-2)32(29,30)17-11-8-10-16(13-17)20-24-25-21(27(20)22)31-14-19(28)23-18-12-7-6-9-15(18)3/h8,10-11,13,15,18H,4-7,9,12,14,22H2,1-3H3,(H,23,28)/t15-,18+/m0/s1. The number of amides is 1. The molecule has 9 nitrogen and oxygen atoms in total. The zero-order valence-corrected chi connectivity index (χ0v) is 20.5. The van der Waals surface area contributed by atoms with Crippen LogP contribution in [0.15, 0.2) is 34.3 Å². The number of sulfonamides is 1. The number of carbonyl (C=O) groups excluding carboxylic acids is 1. The van der Waals surface area contributed by atoms with E-state index >= 15 is 0 Å². The van der Waals surface area contributed by atoms with Gasteiger partial charge in [0.2, 0.25) is 21.1 Å². The number of carbonyl (C=O) groups is 1. The lowest BCUT2D eigenvalue weighted by Gasteiger charge is -2.29. The van der Waals surface area contributed by atoms with Crippen molar-refractivity contribution in [2.45, 2.75) is 62.5 Å². The molecule has 11 heteroatoms. The molecule has 3 rings (SSSR count). The molecule has 1 saturated carbocycles. The Morgan fingerprint density at radius 1 is 1.25 bits per heavy atom. The van der Waals surface area contributed by atoms with Crippen LogP contribution < -0.4 is 11.2 Å². The van der Waals surface area contributed by atoms with Gasteiger partial charge in [0, 0.05) is 24.7 Å². The van der Waals surface area contributed by atoms with Gasteiger partial charge in [0.05, 0.1) is 10.6 Å². The van der Waals surface area contributed by atoms with Crippen LogP contribution in [0.25, 0.3) is 11.4 Å². The van der Waals surface area contributed by atoms with Gasteiger partial charge >= 0.3 is 0 Å². The predicted molar refractivity (Wildman–Crippen MR) is 126 cm³/mol. The molecule has 0 radical (unpaired) electrons. The molecule has 3 N–H and O–H groups in total. The summed E-state index contributed by atoms with van der Waals surface area (Å²) in [6, 6.07) is 6.72. The third kappa shape index (κ3) is 5.44. The summed E-state index contributed by atoms with van der Waals surface area (Å²) >= 11 is 1.21. The summed E-state index contributed by atoms with van der Waals surface area (Å²) in [5.74, 6) is 7.14. The van der Waals surface area contributed by atoms with E-state index in [2.05, 4.69) is 22.4 Å². The molecular weight excluding hydrogens is 448 g/mol. The van der Waals surface area contributed by atoms with Crippen LogP contribution in [0.5, 0.6) is 0 Å². The molecule has 1 aromatic heterocycles. The van der Waals surface area contributed by atoms with Crippen molar-refractivity contribution < 1.29 is 13.2 Å². The van der Waals surface area contributed by atoms with Gasteiger partial charge in [-0.2, -0.15) is 4.31 Å². The molecule has 0 unspecified atom stereocenters. The lowest BCUT2D eigenvalue weighted by molar-refractivity contribution is -0.119. The van der Waals surface area contributed by atoms with Crippen LogP contribution in [-0.2, 0) is 14.8 Å². The molecule has 0 saturated heterocycles. The monoisotopic (exact) mass is 480 g/mol. The first kappa shape index (κ1) is 24.5. The topological polar surface area (TPSA) is 123 Å². The second kappa shape index (κ2) is 10.7. The average molecular weight is 481 g/mol. The number of nitrogens with one attached hydrogen (secondary N) is 1. The van der Waals surface area contributed by atoms with Gasteiger partial charge in [-0.1, -0.05) is 57.5 Å². The summed E-state index contributed by atoms with van der Waals surface area (Å²) in [5, 5.41) is 11.7. The number of nitrogens with two attached hydrogens (primary N) is 1. The molecular formula is C21H32N6O3S2. The van der Waals surface area contributed by atoms with E-state index in [0.717, 1.165) is 19.3 Å². The predicted octanol–water partition coefficient (Wildman–Crippen LogP) is 2.48. The Morgan fingerprint density at radius 2 is 1.97 bits per heavy atom. The van der Waals surface area contributed by atoms with Crippen LogP contribution in [0.4, 0.5) is 0 Å². The first-order valence-corrected chi connectivity index (χ1v) is 13.4. The first-order valence-electron chi connectivity index (χ1n) is 11.0. The molecule has 0 bridgehead atoms. The maximum Gasteiger partial charge on any atom is 0.243 e. The highest BCUT2D eigenvalue weighted by molar-refractivity contribution is 7.99. The van der Waals surface area contributed by atoms with E-state index in [1.807, 2.05) is 0 Å². The van der Waals surface area contributed by atoms with E-state index in [-0.39, 0.29) is 22.6 Å². The molecule has 1 fully saturated rings. The molecule has 1 amide bonds. The van der Waals surface area contributed by atoms with E-state index in [1.165, 1.54) is 27.2 Å². The minimum Gasteiger partial charge on any atom is -0.352 e. The van der Waals surface area contributed by atoms with Gasteiger partial charge in [-0.25, -0.2) is 13.1 Å². The van der Waals surface area contributed by atoms with Crippen molar-refractivity contribution in [2.75, 3.05) is 24.7 Å². The molecule has 176 valence electrons. The van der Waals surface area contributed by atoms with E-state index in [1.54, 1.807) is 38.1 Å². The Morgan fingerprint density at radius 3 is 2.66 bits per heavy atom. The largest absolute Gasteiger partial charge is 0.352 e. The molecule has 32 heavy (non-hydrogen) atoms. The van der Waals surface area contributed by atoms with Gasteiger partial charge < -0.3 is 11.2 Å². The minimum absolute atomic E-state index is 0.0504. The van der Waals surface area contributed by atoms with Gasteiger partial charge in [0.25, 0.3) is 0 Å². The van der Waals surface area contributed by atoms with Crippen molar-refractivity contribution in [3.63, 3.8) is 0 Å². The molecule has 0 spiro atoms. The molecule has 1 aliphatic rings. The average Bonchev–Trinajstić information content (AvgIpc) is 3.15. The van der Waals surface area contributed by atoms with Gasteiger partial charge in [0.1, 0.15) is 0 Å². The van der Waals surface area contributed by atoms with E-state index in [4.69, 9.17) is 5.84 Å². The number of rotatable bonds is 9. The third-order valence-corrected chi connectivity index (χ3v) is 8.88. The number of nitrogens with zero attached hydrogens (tertiary/aromatic N) is 4. The Bertz CT molecular complexity index is 1040. The highest BCUT2D eigenvalue weighted by Gasteiger charge is 2.24. The van der Waals surface area contributed by atoms with Gasteiger partial charge in [0.15, 0.2) is 5.82 Å². The summed E-state index contributed by atoms with van der Waals surface area (Å²) in [7, 11) is -3.60. The summed E-state index contributed by atoms with van der Waals surface area (Å²) in [4.78, 5) is 12.6. The Kier molecular flexibility index (Phi) is 8.18. The SMILES string of the molecule is CCN(CC)S(=O)(=O)c1cccc(-c2nnc(SCC(=O)N[C@@H]3CCCC[C@@H]3C)n2N)c1. The Labute approximate surface area is 194 Å². The third-order valence-electron chi connectivity index (χ3n) is 5.89. The van der Waals surface area contributed by atoms with Crippen LogP contribution in [0.2, 0.25) is 0 Å². The van der Waals surface area contributed by atoms with Crippen LogP contribution in [0.3, 0.4) is 0 Å². The van der Waals surface area contributed by atoms with Crippen molar-refractivity contribution in [1.82, 2.24) is 24.5 Å². The number of benzene rings is 1. The smallest absolute Gasteiger partial charge is 0.243 e. The zero-order chi connectivity index (χ0) is 23.3. The normalized spacial score (nSPS) is 19.2. The highest BCUT2D eigenvalue weighted by Crippen LogP contribution is 2.26. The summed E-state index contributed by atoms with van der Waals surface area (Å²) in [6.45, 7) is 6.55. The van der Waals surface area contributed by atoms with E-state index in [9.17, 15) is 13.2 Å². The highest BCUT2D eigenvalue weighted by atomic mass is 32.2. The maximum atomic E-state index is 12.8. The lowest BCUT2D eigenvalue weighted by Crippen LogP contribution is -2.41. The summed E-state index contributed by atoms with van der Waals surface area (Å²) < 4.78 is 28.4. The second-order valence-corrected chi connectivity index (χ2v) is 10.9. The lowest BCUT2D eigenvalue weighted by atomic mass is 9.86. The first-order chi connectivity index (χ1) is 15.3. The van der Waals surface area contributed by atoms with Crippen molar-refractivity contribution in [1.29, 1.82) is 0 Å². The number of nitrogen functional groups attached to an aromatic ring is 1. The number of thioether (sulfide) groups is 1. The number of aromatic nitrogens is 3. The van der Waals surface area contributed by atoms with Crippen molar-refractivity contribution >= 4 is 27.7 Å². The molecule has 1 heterocycles. The van der Waals surface area contributed by atoms with Crippen LogP contribution in [0.1, 0.15) is 46.5 Å². The van der Waals surface area contributed by atoms with Gasteiger partial charge in [-0.3, -0.25) is 4.79 Å². The fraction of sp³-hybridized carbons (Fsp3) is 0.571. The quantitative estimate of drug-likeness (QED) is 0.417. The van der Waals surface area contributed by atoms with Crippen LogP contribution >= 0.6 is 11.8 Å². The van der Waals surface area contributed by atoms with Gasteiger partial charge in [-0.05, 0) is 30.9 Å². The fourth-order valence-corrected chi connectivity index (χ4v) is 6.16. The van der Waals surface area contributed by atoms with Gasteiger partial charge in [-0.15, -0.1) is 10.2 Å². The molecule has 2 aromatic rings. The van der Waals surface area contributed by atoms with Crippen molar-refractivity contribution in [2.24, 2.45) is 5.92 Å². The zero-order valence-electron chi connectivity index (χ0n) is 18.8. The van der Waals surface area contributed by atoms with Crippen LogP contribution in [-0.4, -0.2) is 58.4 Å². The van der Waals surface area contributed by atoms with Crippen LogP contribution in [0, 0.1) is 5.92 Å². The molecule has 0 aliphatic heterocycles. The Hall–Kier alpha value is -2.11. The summed E-state index contributed by atoms with van der Waals surface area (Å²) in [5.41, 5.74) is 0.542. The van der Waals surface area contributed by atoms with Crippen molar-refractivity contribution in [3.8, 4) is 11.4 Å². The molecule has 1 aromatic carbocycles. The fourth-order valence-electron chi connectivity index (χ4n) is 3.99. The second-order valence-electron chi connectivity index (χ2n) is 8.02. The van der Waals surface area contributed by atoms with E-state index < -0.39 is 10.0 Å². The molecule has 1 aliphatic carbocycles. The summed E-state index contributed by atoms with van der Waals surface area (Å²) in [6.07, 6.45) is 4.52. The number of hydrogen-bond acceptors (Lipinski definition) is 7. The van der Waals surface area contributed by atoms with E-state index in [0.29, 0.717) is 35.6 Å². The maximum absolute atomic E-state index is 12.8. The minimum atomic E-state index is -3.60. The Balaban J connectivity index is 1.70. The van der Waals surface area contributed by atoms with Crippen molar-refractivity contribution in [3.05, 3.63) is 24.3 Å². The number of hydrogen-bond donors (Lipinski definition) is 2. The molecule has 2 atom stereocenters.